The van der Waals surface area contributed by atoms with E-state index in [1.54, 1.807) is 0 Å². The number of carbonyl (C=O) groups excluding carboxylic acids is 1. The van der Waals surface area contributed by atoms with Gasteiger partial charge in [-0.2, -0.15) is 0 Å². The highest BCUT2D eigenvalue weighted by molar-refractivity contribution is 5.70. The van der Waals surface area contributed by atoms with Crippen molar-refractivity contribution in [2.75, 3.05) is 0 Å². The third kappa shape index (κ3) is 15.5. The van der Waals surface area contributed by atoms with E-state index in [0.29, 0.717) is 6.42 Å². The normalized spacial score (nSPS) is 11.2. The maximum Gasteiger partial charge on any atom is 0.310 e. The fourth-order valence-electron chi connectivity index (χ4n) is 3.45. The summed E-state index contributed by atoms with van der Waals surface area (Å²) < 4.78 is 5.15. The van der Waals surface area contributed by atoms with Crippen LogP contribution in [0.3, 0.4) is 0 Å². The molecule has 0 saturated carbocycles. The first-order valence-corrected chi connectivity index (χ1v) is 11.7. The summed E-state index contributed by atoms with van der Waals surface area (Å²) >= 11 is 0. The standard InChI is InChI=1S/C26H42O2/c1-2-3-4-5-6-7-8-9-10-11-12-13-14-15-19-22-26(27)28-24-23-25-20-17-16-18-21-25/h16-18,20-21,23-24H,2-15,19,22H2,1H3. The van der Waals surface area contributed by atoms with Crippen LogP contribution in [-0.4, -0.2) is 5.97 Å². The molecule has 0 N–H and O–H groups in total. The molecule has 1 rings (SSSR count). The quantitative estimate of drug-likeness (QED) is 0.144. The minimum Gasteiger partial charge on any atom is -0.434 e. The number of ether oxygens (including phenoxy) is 1. The molecule has 0 radical (unpaired) electrons. The first kappa shape index (κ1) is 24.5. The Morgan fingerprint density at radius 1 is 0.714 bits per heavy atom. The molecule has 1 aromatic rings. The molecule has 0 aliphatic carbocycles. The SMILES string of the molecule is CCCCCCCCCCCCCCCCCC(=O)OC=Cc1ccccc1. The second-order valence-corrected chi connectivity index (χ2v) is 7.90. The number of carbonyl (C=O) groups is 1. The predicted octanol–water partition coefficient (Wildman–Crippen LogP) is 8.46. The van der Waals surface area contributed by atoms with Gasteiger partial charge >= 0.3 is 5.97 Å². The highest BCUT2D eigenvalue weighted by atomic mass is 16.5. The molecule has 0 bridgehead atoms. The van der Waals surface area contributed by atoms with E-state index in [2.05, 4.69) is 6.92 Å². The van der Waals surface area contributed by atoms with Crippen LogP contribution in [0.2, 0.25) is 0 Å². The minimum absolute atomic E-state index is 0.123. The van der Waals surface area contributed by atoms with Crippen molar-refractivity contribution in [2.45, 2.75) is 110 Å². The fourth-order valence-corrected chi connectivity index (χ4v) is 3.45. The zero-order valence-corrected chi connectivity index (χ0v) is 18.2. The average Bonchev–Trinajstić information content (AvgIpc) is 2.71. The predicted molar refractivity (Wildman–Crippen MR) is 121 cm³/mol. The highest BCUT2D eigenvalue weighted by Gasteiger charge is 2.00. The van der Waals surface area contributed by atoms with Crippen molar-refractivity contribution < 1.29 is 9.53 Å². The molecule has 0 aliphatic rings. The third-order valence-corrected chi connectivity index (χ3v) is 5.24. The molecule has 0 heterocycles. The van der Waals surface area contributed by atoms with E-state index >= 15 is 0 Å². The highest BCUT2D eigenvalue weighted by Crippen LogP contribution is 2.14. The van der Waals surface area contributed by atoms with Crippen molar-refractivity contribution in [2.24, 2.45) is 0 Å². The molecule has 1 aromatic carbocycles. The fraction of sp³-hybridized carbons (Fsp3) is 0.654. The molecule has 0 amide bonds. The number of unbranched alkanes of at least 4 members (excludes halogenated alkanes) is 14. The van der Waals surface area contributed by atoms with E-state index < -0.39 is 0 Å². The van der Waals surface area contributed by atoms with Gasteiger partial charge in [0.05, 0.1) is 6.26 Å². The Hall–Kier alpha value is -1.57. The first-order valence-electron chi connectivity index (χ1n) is 11.7. The number of hydrogen-bond acceptors (Lipinski definition) is 2. The molecule has 158 valence electrons. The monoisotopic (exact) mass is 386 g/mol. The maximum atomic E-state index is 11.7. The number of hydrogen-bond donors (Lipinski definition) is 0. The Morgan fingerprint density at radius 2 is 1.18 bits per heavy atom. The van der Waals surface area contributed by atoms with Crippen LogP contribution < -0.4 is 0 Å². The lowest BCUT2D eigenvalue weighted by Crippen LogP contribution is -1.98. The van der Waals surface area contributed by atoms with Crippen LogP contribution in [0.5, 0.6) is 0 Å². The molecule has 2 nitrogen and oxygen atoms in total. The van der Waals surface area contributed by atoms with Crippen LogP contribution in [0.4, 0.5) is 0 Å². The lowest BCUT2D eigenvalue weighted by Gasteiger charge is -2.03. The summed E-state index contributed by atoms with van der Waals surface area (Å²) in [5, 5.41) is 0. The summed E-state index contributed by atoms with van der Waals surface area (Å²) in [6.45, 7) is 2.28. The van der Waals surface area contributed by atoms with Gasteiger partial charge in [0.2, 0.25) is 0 Å². The smallest absolute Gasteiger partial charge is 0.310 e. The largest absolute Gasteiger partial charge is 0.434 e. The van der Waals surface area contributed by atoms with E-state index in [4.69, 9.17) is 4.74 Å². The summed E-state index contributed by atoms with van der Waals surface area (Å²) in [5.74, 6) is -0.123. The topological polar surface area (TPSA) is 26.3 Å². The Bertz CT molecular complexity index is 492. The molecule has 0 fully saturated rings. The van der Waals surface area contributed by atoms with Gasteiger partial charge in [0.1, 0.15) is 0 Å². The number of rotatable bonds is 18. The van der Waals surface area contributed by atoms with E-state index in [1.807, 2.05) is 36.4 Å². The van der Waals surface area contributed by atoms with Crippen LogP contribution in [0.15, 0.2) is 36.6 Å². The summed E-state index contributed by atoms with van der Waals surface area (Å²) in [5.41, 5.74) is 1.04. The van der Waals surface area contributed by atoms with Crippen LogP contribution in [0.25, 0.3) is 6.08 Å². The average molecular weight is 387 g/mol. The molecular formula is C26H42O2. The van der Waals surface area contributed by atoms with Gasteiger partial charge < -0.3 is 4.74 Å². The number of esters is 1. The molecular weight excluding hydrogens is 344 g/mol. The van der Waals surface area contributed by atoms with Crippen molar-refractivity contribution in [3.05, 3.63) is 42.2 Å². The van der Waals surface area contributed by atoms with Crippen LogP contribution in [0, 0.1) is 0 Å². The van der Waals surface area contributed by atoms with Crippen molar-refractivity contribution in [1.29, 1.82) is 0 Å². The van der Waals surface area contributed by atoms with Crippen LogP contribution in [-0.2, 0) is 9.53 Å². The van der Waals surface area contributed by atoms with Gasteiger partial charge in [-0.25, -0.2) is 0 Å². The van der Waals surface area contributed by atoms with E-state index in [0.717, 1.165) is 18.4 Å². The maximum absolute atomic E-state index is 11.7. The van der Waals surface area contributed by atoms with Gasteiger partial charge in [0, 0.05) is 6.42 Å². The lowest BCUT2D eigenvalue weighted by molar-refractivity contribution is -0.138. The van der Waals surface area contributed by atoms with E-state index in [1.165, 1.54) is 89.7 Å². The Morgan fingerprint density at radius 3 is 1.68 bits per heavy atom. The molecule has 0 saturated heterocycles. The molecule has 0 aliphatic heterocycles. The number of benzene rings is 1. The van der Waals surface area contributed by atoms with Crippen molar-refractivity contribution in [3.8, 4) is 0 Å². The molecule has 0 atom stereocenters. The molecule has 28 heavy (non-hydrogen) atoms. The Balaban J connectivity index is 1.80. The second-order valence-electron chi connectivity index (χ2n) is 7.90. The second kappa shape index (κ2) is 18.8. The molecule has 2 heteroatoms. The summed E-state index contributed by atoms with van der Waals surface area (Å²) in [4.78, 5) is 11.7. The lowest BCUT2D eigenvalue weighted by atomic mass is 10.0. The molecule has 0 unspecified atom stereocenters. The van der Waals surface area contributed by atoms with Gasteiger partial charge in [-0.15, -0.1) is 0 Å². The summed E-state index contributed by atoms with van der Waals surface area (Å²) in [6, 6.07) is 9.88. The zero-order chi connectivity index (χ0) is 20.1. The summed E-state index contributed by atoms with van der Waals surface area (Å²) in [6.07, 6.45) is 23.9. The molecule has 0 aromatic heterocycles. The van der Waals surface area contributed by atoms with Crippen LogP contribution in [0.1, 0.15) is 115 Å². The van der Waals surface area contributed by atoms with Gasteiger partial charge in [-0.1, -0.05) is 127 Å². The molecule has 0 spiro atoms. The van der Waals surface area contributed by atoms with Gasteiger partial charge in [-0.3, -0.25) is 4.79 Å². The van der Waals surface area contributed by atoms with Crippen LogP contribution >= 0.6 is 0 Å². The van der Waals surface area contributed by atoms with E-state index in [9.17, 15) is 4.79 Å². The third-order valence-electron chi connectivity index (χ3n) is 5.24. The van der Waals surface area contributed by atoms with Gasteiger partial charge in [-0.05, 0) is 18.1 Å². The first-order chi connectivity index (χ1) is 13.8. The minimum atomic E-state index is -0.123. The van der Waals surface area contributed by atoms with Gasteiger partial charge in [0.25, 0.3) is 0 Å². The van der Waals surface area contributed by atoms with Gasteiger partial charge in [0.15, 0.2) is 0 Å². The zero-order valence-electron chi connectivity index (χ0n) is 18.2. The van der Waals surface area contributed by atoms with Crippen molar-refractivity contribution >= 4 is 12.0 Å². The summed E-state index contributed by atoms with van der Waals surface area (Å²) in [7, 11) is 0. The van der Waals surface area contributed by atoms with Crippen molar-refractivity contribution in [3.63, 3.8) is 0 Å². The Kier molecular flexibility index (Phi) is 16.4. The van der Waals surface area contributed by atoms with Crippen molar-refractivity contribution in [1.82, 2.24) is 0 Å². The van der Waals surface area contributed by atoms with E-state index in [-0.39, 0.29) is 5.97 Å². The Labute approximate surface area is 173 Å².